The Morgan fingerprint density at radius 1 is 0.962 bits per heavy atom. The van der Waals surface area contributed by atoms with Crippen molar-refractivity contribution in [2.75, 3.05) is 0 Å². The molecule has 4 nitrogen and oxygen atoms in total. The van der Waals surface area contributed by atoms with Gasteiger partial charge in [-0.3, -0.25) is 0 Å². The second-order valence-electron chi connectivity index (χ2n) is 7.42. The summed E-state index contributed by atoms with van der Waals surface area (Å²) in [5, 5.41) is 9.25. The lowest BCUT2D eigenvalue weighted by atomic mass is 9.99. The van der Waals surface area contributed by atoms with Crippen LogP contribution in [-0.2, 0) is 4.74 Å². The zero-order chi connectivity index (χ0) is 19.4. The molecule has 4 heteroatoms. The van der Waals surface area contributed by atoms with Gasteiger partial charge in [-0.05, 0) is 37.3 Å². The van der Waals surface area contributed by atoms with Gasteiger partial charge in [-0.2, -0.15) is 0 Å². The number of ether oxygens (including phenoxy) is 1. The van der Waals surface area contributed by atoms with Crippen LogP contribution in [0.5, 0.6) is 0 Å². The van der Waals surface area contributed by atoms with Gasteiger partial charge in [0.1, 0.15) is 6.10 Å². The number of rotatable bonds is 13. The van der Waals surface area contributed by atoms with E-state index in [0.717, 1.165) is 25.7 Å². The summed E-state index contributed by atoms with van der Waals surface area (Å²) in [5.41, 5.74) is 0.130. The topological polar surface area (TPSA) is 63.6 Å². The van der Waals surface area contributed by atoms with Crippen molar-refractivity contribution in [1.29, 1.82) is 0 Å². The van der Waals surface area contributed by atoms with Gasteiger partial charge >= 0.3 is 11.9 Å². The quantitative estimate of drug-likeness (QED) is 0.340. The number of hydrogen-bond donors (Lipinski definition) is 1. The smallest absolute Gasteiger partial charge is 0.339 e. The second kappa shape index (κ2) is 12.5. The molecule has 0 aliphatic carbocycles. The summed E-state index contributed by atoms with van der Waals surface area (Å²) in [6.45, 7) is 6.43. The molecule has 0 radical (unpaired) electrons. The van der Waals surface area contributed by atoms with Crippen molar-refractivity contribution < 1.29 is 19.4 Å². The van der Waals surface area contributed by atoms with Gasteiger partial charge in [0.05, 0.1) is 11.1 Å². The maximum Gasteiger partial charge on any atom is 0.339 e. The van der Waals surface area contributed by atoms with Gasteiger partial charge in [0.25, 0.3) is 0 Å². The fourth-order valence-corrected chi connectivity index (χ4v) is 3.14. The average Bonchev–Trinajstić information content (AvgIpc) is 2.60. The van der Waals surface area contributed by atoms with Crippen LogP contribution in [0.25, 0.3) is 0 Å². The van der Waals surface area contributed by atoms with Gasteiger partial charge in [0.2, 0.25) is 0 Å². The molecule has 0 fully saturated rings. The van der Waals surface area contributed by atoms with Crippen LogP contribution >= 0.6 is 0 Å². The summed E-state index contributed by atoms with van der Waals surface area (Å²) in [4.78, 5) is 23.8. The van der Waals surface area contributed by atoms with Crippen LogP contribution in [0.15, 0.2) is 24.3 Å². The Morgan fingerprint density at radius 3 is 2.12 bits per heavy atom. The van der Waals surface area contributed by atoms with Crippen molar-refractivity contribution >= 4 is 11.9 Å². The SMILES string of the molecule is CCCCCCCCCC(CC(C)C)OC(=O)c1ccccc1C(=O)O. The molecule has 1 rings (SSSR count). The highest BCUT2D eigenvalue weighted by Gasteiger charge is 2.21. The lowest BCUT2D eigenvalue weighted by Gasteiger charge is -2.20. The maximum absolute atomic E-state index is 12.5. The molecule has 26 heavy (non-hydrogen) atoms. The molecule has 0 saturated carbocycles. The Balaban J connectivity index is 2.56. The molecule has 1 aromatic rings. The summed E-state index contributed by atoms with van der Waals surface area (Å²) in [5.74, 6) is -1.21. The Morgan fingerprint density at radius 2 is 1.54 bits per heavy atom. The molecule has 0 amide bonds. The first kappa shape index (κ1) is 22.2. The highest BCUT2D eigenvalue weighted by atomic mass is 16.5. The molecule has 1 atom stereocenters. The minimum atomic E-state index is -1.11. The molecule has 0 heterocycles. The van der Waals surface area contributed by atoms with E-state index in [1.165, 1.54) is 44.2 Å². The number of carbonyl (C=O) groups excluding carboxylic acids is 1. The highest BCUT2D eigenvalue weighted by Crippen LogP contribution is 2.19. The van der Waals surface area contributed by atoms with Gasteiger partial charge in [0, 0.05) is 0 Å². The zero-order valence-corrected chi connectivity index (χ0v) is 16.5. The van der Waals surface area contributed by atoms with Gasteiger partial charge in [-0.1, -0.05) is 71.4 Å². The molecular formula is C22H34O4. The van der Waals surface area contributed by atoms with Crippen molar-refractivity contribution in [3.05, 3.63) is 35.4 Å². The lowest BCUT2D eigenvalue weighted by Crippen LogP contribution is -2.22. The average molecular weight is 363 g/mol. The van der Waals surface area contributed by atoms with E-state index in [-0.39, 0.29) is 17.2 Å². The second-order valence-corrected chi connectivity index (χ2v) is 7.42. The van der Waals surface area contributed by atoms with Crippen molar-refractivity contribution in [2.24, 2.45) is 5.92 Å². The standard InChI is InChI=1S/C22H34O4/c1-4-5-6-7-8-9-10-13-18(16-17(2)3)26-22(25)20-15-12-11-14-19(20)21(23)24/h11-12,14-15,17-18H,4-10,13,16H2,1-3H3,(H,23,24). The Kier molecular flexibility index (Phi) is 10.7. The van der Waals surface area contributed by atoms with Crippen LogP contribution in [0.3, 0.4) is 0 Å². The van der Waals surface area contributed by atoms with Crippen molar-refractivity contribution in [1.82, 2.24) is 0 Å². The van der Waals surface area contributed by atoms with E-state index >= 15 is 0 Å². The zero-order valence-electron chi connectivity index (χ0n) is 16.5. The lowest BCUT2D eigenvalue weighted by molar-refractivity contribution is 0.0220. The number of carboxylic acids is 1. The first-order chi connectivity index (χ1) is 12.5. The molecule has 1 unspecified atom stereocenters. The third-order valence-corrected chi connectivity index (χ3v) is 4.52. The molecular weight excluding hydrogens is 328 g/mol. The molecule has 0 spiro atoms. The van der Waals surface area contributed by atoms with E-state index in [9.17, 15) is 14.7 Å². The van der Waals surface area contributed by atoms with E-state index in [1.54, 1.807) is 12.1 Å². The number of aromatic carboxylic acids is 1. The number of carbonyl (C=O) groups is 2. The molecule has 0 aromatic heterocycles. The van der Waals surface area contributed by atoms with Crippen LogP contribution in [-0.4, -0.2) is 23.1 Å². The Labute approximate surface area is 158 Å². The third kappa shape index (κ3) is 8.50. The number of esters is 1. The summed E-state index contributed by atoms with van der Waals surface area (Å²) >= 11 is 0. The fraction of sp³-hybridized carbons (Fsp3) is 0.636. The van der Waals surface area contributed by atoms with Crippen LogP contribution < -0.4 is 0 Å². The van der Waals surface area contributed by atoms with E-state index in [4.69, 9.17) is 4.74 Å². The van der Waals surface area contributed by atoms with Crippen LogP contribution in [0.2, 0.25) is 0 Å². The molecule has 0 aliphatic heterocycles. The molecule has 1 aromatic carbocycles. The van der Waals surface area contributed by atoms with E-state index in [0.29, 0.717) is 5.92 Å². The van der Waals surface area contributed by atoms with Gasteiger partial charge in [-0.15, -0.1) is 0 Å². The van der Waals surface area contributed by atoms with E-state index < -0.39 is 11.9 Å². The minimum Gasteiger partial charge on any atom is -0.478 e. The minimum absolute atomic E-state index is 0.00304. The highest BCUT2D eigenvalue weighted by molar-refractivity contribution is 6.02. The van der Waals surface area contributed by atoms with Crippen molar-refractivity contribution in [3.8, 4) is 0 Å². The van der Waals surface area contributed by atoms with Crippen LogP contribution in [0, 0.1) is 5.92 Å². The van der Waals surface area contributed by atoms with Crippen molar-refractivity contribution in [3.63, 3.8) is 0 Å². The fourth-order valence-electron chi connectivity index (χ4n) is 3.14. The van der Waals surface area contributed by atoms with Gasteiger partial charge in [0.15, 0.2) is 0 Å². The Bertz CT molecular complexity index is 551. The van der Waals surface area contributed by atoms with Crippen molar-refractivity contribution in [2.45, 2.75) is 84.7 Å². The summed E-state index contributed by atoms with van der Waals surface area (Å²) in [6.07, 6.45) is 10.0. The van der Waals surface area contributed by atoms with Gasteiger partial charge < -0.3 is 9.84 Å². The van der Waals surface area contributed by atoms with E-state index in [2.05, 4.69) is 20.8 Å². The largest absolute Gasteiger partial charge is 0.478 e. The summed E-state index contributed by atoms with van der Waals surface area (Å²) in [6, 6.07) is 6.24. The van der Waals surface area contributed by atoms with E-state index in [1.807, 2.05) is 0 Å². The summed E-state index contributed by atoms with van der Waals surface area (Å²) < 4.78 is 5.68. The normalized spacial score (nSPS) is 12.2. The molecule has 0 aliphatic rings. The third-order valence-electron chi connectivity index (χ3n) is 4.52. The number of hydrogen-bond acceptors (Lipinski definition) is 3. The first-order valence-corrected chi connectivity index (χ1v) is 9.99. The Hall–Kier alpha value is -1.84. The number of benzene rings is 1. The molecule has 1 N–H and O–H groups in total. The van der Waals surface area contributed by atoms with Gasteiger partial charge in [-0.25, -0.2) is 9.59 Å². The molecule has 0 bridgehead atoms. The van der Waals surface area contributed by atoms with Crippen LogP contribution in [0.1, 0.15) is 99.3 Å². The van der Waals surface area contributed by atoms with Crippen LogP contribution in [0.4, 0.5) is 0 Å². The number of unbranched alkanes of at least 4 members (excludes halogenated alkanes) is 6. The predicted molar refractivity (Wildman–Crippen MR) is 105 cm³/mol. The predicted octanol–water partition coefficient (Wildman–Crippen LogP) is 6.10. The maximum atomic E-state index is 12.5. The summed E-state index contributed by atoms with van der Waals surface area (Å²) in [7, 11) is 0. The molecule has 0 saturated heterocycles. The monoisotopic (exact) mass is 362 g/mol. The molecule has 146 valence electrons. The first-order valence-electron chi connectivity index (χ1n) is 9.99. The number of carboxylic acid groups (broad SMARTS) is 1.